The summed E-state index contributed by atoms with van der Waals surface area (Å²) in [6.45, 7) is 7.40. The lowest BCUT2D eigenvalue weighted by Gasteiger charge is -2.12. The Labute approximate surface area is 197 Å². The van der Waals surface area contributed by atoms with E-state index in [2.05, 4.69) is 13.2 Å². The van der Waals surface area contributed by atoms with Crippen LogP contribution < -0.4 is 4.74 Å². The number of carboxylic acid groups (broad SMARTS) is 1. The van der Waals surface area contributed by atoms with Crippen LogP contribution in [0.15, 0.2) is 86.0 Å². The Hall–Kier alpha value is -4.45. The highest BCUT2D eigenvalue weighted by molar-refractivity contribution is 5.98. The molecule has 2 N–H and O–H groups in total. The van der Waals surface area contributed by atoms with Gasteiger partial charge in [-0.05, 0) is 78.1 Å². The Morgan fingerprint density at radius 2 is 1.41 bits per heavy atom. The second-order valence-corrected chi connectivity index (χ2v) is 7.64. The smallest absolute Gasteiger partial charge is 0.343 e. The molecule has 0 heterocycles. The number of hydrogen-bond donors (Lipinski definition) is 2. The van der Waals surface area contributed by atoms with Gasteiger partial charge in [-0.1, -0.05) is 24.3 Å². The Balaban J connectivity index is 1.78. The van der Waals surface area contributed by atoms with E-state index in [1.54, 1.807) is 42.5 Å². The summed E-state index contributed by atoms with van der Waals surface area (Å²) >= 11 is 0. The lowest BCUT2D eigenvalue weighted by atomic mass is 9.98. The van der Waals surface area contributed by atoms with Crippen LogP contribution in [0.1, 0.15) is 47.8 Å². The zero-order valence-corrected chi connectivity index (χ0v) is 18.5. The molecular weight excluding hydrogens is 432 g/mol. The van der Waals surface area contributed by atoms with Crippen molar-refractivity contribution in [1.82, 2.24) is 0 Å². The molecule has 6 nitrogen and oxygen atoms in total. The Kier molecular flexibility index (Phi) is 7.77. The fourth-order valence-electron chi connectivity index (χ4n) is 3.43. The van der Waals surface area contributed by atoms with Crippen molar-refractivity contribution in [2.45, 2.75) is 19.3 Å². The maximum Gasteiger partial charge on any atom is 0.343 e. The number of Topliss-reactive ketones (excluding diaryl/α,β-unsaturated/α-hetero) is 1. The zero-order chi connectivity index (χ0) is 24.7. The molecule has 0 unspecified atom stereocenters. The molecule has 0 aliphatic heterocycles. The highest BCUT2D eigenvalue weighted by atomic mass is 16.5. The quantitative estimate of drug-likeness (QED) is 0.188. The molecule has 3 rings (SSSR count). The number of ketones is 1. The molecule has 0 fully saturated rings. The largest absolute Gasteiger partial charge is 0.508 e. The maximum absolute atomic E-state index is 12.8. The van der Waals surface area contributed by atoms with Gasteiger partial charge in [-0.15, -0.1) is 13.2 Å². The normalized spacial score (nSPS) is 10.4. The third-order valence-corrected chi connectivity index (χ3v) is 5.19. The van der Waals surface area contributed by atoms with Crippen LogP contribution in [-0.2, 0) is 19.3 Å². The Bertz CT molecular complexity index is 1250. The number of carbonyl (C=O) groups is 3. The summed E-state index contributed by atoms with van der Waals surface area (Å²) < 4.78 is 5.53. The molecule has 172 valence electrons. The van der Waals surface area contributed by atoms with E-state index in [0.29, 0.717) is 35.3 Å². The molecule has 0 aliphatic rings. The van der Waals surface area contributed by atoms with Gasteiger partial charge in [-0.3, -0.25) is 4.79 Å². The SMILES string of the molecule is C=CCc1cc(C(=O)Cc2ccc(OC(=O)c3ccc(C(=O)O)cc3)c(CC=C)c2)ccc1O. The number of aromatic carboxylic acids is 1. The number of carboxylic acids is 1. The van der Waals surface area contributed by atoms with E-state index < -0.39 is 11.9 Å². The summed E-state index contributed by atoms with van der Waals surface area (Å²) in [5.74, 6) is -1.36. The van der Waals surface area contributed by atoms with Crippen molar-refractivity contribution in [3.05, 3.63) is 119 Å². The fraction of sp³-hybridized carbons (Fsp3) is 0.107. The van der Waals surface area contributed by atoms with Crippen molar-refractivity contribution in [3.8, 4) is 11.5 Å². The van der Waals surface area contributed by atoms with Crippen LogP contribution in [0.25, 0.3) is 0 Å². The first-order chi connectivity index (χ1) is 16.3. The van der Waals surface area contributed by atoms with Crippen LogP contribution in [0.5, 0.6) is 11.5 Å². The van der Waals surface area contributed by atoms with Crippen LogP contribution in [0.3, 0.4) is 0 Å². The van der Waals surface area contributed by atoms with E-state index in [4.69, 9.17) is 9.84 Å². The van der Waals surface area contributed by atoms with Crippen molar-refractivity contribution in [3.63, 3.8) is 0 Å². The topological polar surface area (TPSA) is 101 Å². The zero-order valence-electron chi connectivity index (χ0n) is 18.5. The summed E-state index contributed by atoms with van der Waals surface area (Å²) in [5.41, 5.74) is 2.84. The summed E-state index contributed by atoms with van der Waals surface area (Å²) in [5, 5.41) is 18.9. The van der Waals surface area contributed by atoms with Gasteiger partial charge in [-0.2, -0.15) is 0 Å². The highest BCUT2D eigenvalue weighted by Gasteiger charge is 2.15. The Morgan fingerprint density at radius 3 is 2.06 bits per heavy atom. The number of hydrogen-bond acceptors (Lipinski definition) is 5. The summed E-state index contributed by atoms with van der Waals surface area (Å²) in [6.07, 6.45) is 4.33. The van der Waals surface area contributed by atoms with E-state index in [-0.39, 0.29) is 29.1 Å². The molecule has 3 aromatic carbocycles. The first-order valence-electron chi connectivity index (χ1n) is 10.6. The summed E-state index contributed by atoms with van der Waals surface area (Å²) in [4.78, 5) is 36.3. The number of phenolic OH excluding ortho intramolecular Hbond substituents is 1. The summed E-state index contributed by atoms with van der Waals surface area (Å²) in [7, 11) is 0. The van der Waals surface area contributed by atoms with E-state index in [0.717, 1.165) is 5.56 Å². The van der Waals surface area contributed by atoms with Crippen LogP contribution >= 0.6 is 0 Å². The molecular formula is C28H24O6. The highest BCUT2D eigenvalue weighted by Crippen LogP contribution is 2.25. The van der Waals surface area contributed by atoms with Gasteiger partial charge < -0.3 is 14.9 Å². The van der Waals surface area contributed by atoms with Crippen molar-refractivity contribution < 1.29 is 29.3 Å². The van der Waals surface area contributed by atoms with Crippen LogP contribution in [0, 0.1) is 0 Å². The molecule has 0 amide bonds. The molecule has 0 saturated carbocycles. The van der Waals surface area contributed by atoms with Gasteiger partial charge in [-0.25, -0.2) is 9.59 Å². The predicted molar refractivity (Wildman–Crippen MR) is 129 cm³/mol. The van der Waals surface area contributed by atoms with E-state index in [9.17, 15) is 19.5 Å². The lowest BCUT2D eigenvalue weighted by molar-refractivity contribution is 0.0691. The second kappa shape index (κ2) is 10.9. The predicted octanol–water partition coefficient (Wildman–Crippen LogP) is 5.19. The van der Waals surface area contributed by atoms with E-state index in [1.165, 1.54) is 30.3 Å². The number of benzene rings is 3. The minimum atomic E-state index is -1.08. The average molecular weight is 456 g/mol. The molecule has 0 spiro atoms. The first-order valence-corrected chi connectivity index (χ1v) is 10.6. The van der Waals surface area contributed by atoms with E-state index in [1.807, 2.05) is 0 Å². The van der Waals surface area contributed by atoms with Gasteiger partial charge in [0.1, 0.15) is 11.5 Å². The number of rotatable bonds is 10. The molecule has 0 saturated heterocycles. The standard InChI is InChI=1S/C28H24O6/c1-3-5-21-17-22(12-13-24(21)29)25(30)16-18-7-14-26(23(15-18)6-4-2)34-28(33)20-10-8-19(9-11-20)27(31)32/h3-4,7-15,17,29H,1-2,5-6,16H2,(H,31,32). The van der Waals surface area contributed by atoms with Gasteiger partial charge in [0, 0.05) is 12.0 Å². The van der Waals surface area contributed by atoms with Gasteiger partial charge in [0.05, 0.1) is 11.1 Å². The Morgan fingerprint density at radius 1 is 0.794 bits per heavy atom. The average Bonchev–Trinajstić information content (AvgIpc) is 2.82. The summed E-state index contributed by atoms with van der Waals surface area (Å²) in [6, 6.07) is 15.3. The molecule has 0 bridgehead atoms. The van der Waals surface area contributed by atoms with E-state index >= 15 is 0 Å². The van der Waals surface area contributed by atoms with Crippen molar-refractivity contribution in [1.29, 1.82) is 0 Å². The van der Waals surface area contributed by atoms with Crippen LogP contribution in [-0.4, -0.2) is 27.9 Å². The number of ether oxygens (including phenoxy) is 1. The maximum atomic E-state index is 12.8. The molecule has 0 radical (unpaired) electrons. The first kappa shape index (κ1) is 24.2. The third kappa shape index (κ3) is 5.86. The molecule has 6 heteroatoms. The molecule has 3 aromatic rings. The minimum absolute atomic E-state index is 0.0724. The lowest BCUT2D eigenvalue weighted by Crippen LogP contribution is -2.11. The molecule has 34 heavy (non-hydrogen) atoms. The van der Waals surface area contributed by atoms with Gasteiger partial charge in [0.2, 0.25) is 0 Å². The molecule has 0 aromatic heterocycles. The third-order valence-electron chi connectivity index (χ3n) is 5.19. The monoisotopic (exact) mass is 456 g/mol. The van der Waals surface area contributed by atoms with Crippen molar-refractivity contribution >= 4 is 17.7 Å². The number of aromatic hydroxyl groups is 1. The fourth-order valence-corrected chi connectivity index (χ4v) is 3.43. The van der Waals surface area contributed by atoms with Crippen molar-refractivity contribution in [2.24, 2.45) is 0 Å². The second-order valence-electron chi connectivity index (χ2n) is 7.64. The number of esters is 1. The minimum Gasteiger partial charge on any atom is -0.508 e. The van der Waals surface area contributed by atoms with Crippen LogP contribution in [0.4, 0.5) is 0 Å². The number of carbonyl (C=O) groups excluding carboxylic acids is 2. The molecule has 0 aliphatic carbocycles. The molecule has 0 atom stereocenters. The van der Waals surface area contributed by atoms with Crippen molar-refractivity contribution in [2.75, 3.05) is 0 Å². The van der Waals surface area contributed by atoms with Gasteiger partial charge in [0.25, 0.3) is 0 Å². The number of allylic oxidation sites excluding steroid dienone is 2. The number of phenols is 1. The van der Waals surface area contributed by atoms with Crippen LogP contribution in [0.2, 0.25) is 0 Å². The van der Waals surface area contributed by atoms with Gasteiger partial charge in [0.15, 0.2) is 5.78 Å². The van der Waals surface area contributed by atoms with Gasteiger partial charge >= 0.3 is 11.9 Å².